The van der Waals surface area contributed by atoms with Gasteiger partial charge in [0.1, 0.15) is 6.29 Å². The third-order valence-corrected chi connectivity index (χ3v) is 0.709. The van der Waals surface area contributed by atoms with Gasteiger partial charge in [-0.15, -0.1) is 0 Å². The van der Waals surface area contributed by atoms with Gasteiger partial charge < -0.3 is 0 Å². The molecule has 0 N–H and O–H groups in total. The molecule has 0 saturated carbocycles. The summed E-state index contributed by atoms with van der Waals surface area (Å²) in [5, 5.41) is 0. The Balaban J connectivity index is 3.52. The molecule has 0 spiro atoms. The van der Waals surface area contributed by atoms with E-state index in [0.29, 0.717) is 12.7 Å². The fourth-order valence-electron chi connectivity index (χ4n) is 0.264. The Hall–Kier alpha value is -0.920. The summed E-state index contributed by atoms with van der Waals surface area (Å²) in [5.41, 5.74) is 0. The van der Waals surface area contributed by atoms with Gasteiger partial charge in [-0.2, -0.15) is 0 Å². The van der Waals surface area contributed by atoms with Gasteiger partial charge in [-0.05, 0) is 12.2 Å². The Morgan fingerprint density at radius 2 is 2.25 bits per heavy atom. The number of ketones is 1. The maximum Gasteiger partial charge on any atom is 0.155 e. The predicted molar refractivity (Wildman–Crippen MR) is 30.5 cm³/mol. The summed E-state index contributed by atoms with van der Waals surface area (Å²) in [6, 6.07) is 0. The molecule has 0 aromatic carbocycles. The van der Waals surface area contributed by atoms with E-state index in [9.17, 15) is 9.59 Å². The molecule has 0 fully saturated rings. The maximum absolute atomic E-state index is 10.3. The van der Waals surface area contributed by atoms with Gasteiger partial charge in [-0.3, -0.25) is 9.59 Å². The highest BCUT2D eigenvalue weighted by Crippen LogP contribution is 1.79. The number of carbonyl (C=O) groups excluding carboxylic acids is 2. The first-order chi connectivity index (χ1) is 3.81. The molecule has 0 aliphatic rings. The Morgan fingerprint density at radius 3 is 2.62 bits per heavy atom. The zero-order valence-corrected chi connectivity index (χ0v) is 4.76. The average Bonchev–Trinajstić information content (AvgIpc) is 1.83. The van der Waals surface area contributed by atoms with E-state index < -0.39 is 0 Å². The molecule has 2 nitrogen and oxygen atoms in total. The van der Waals surface area contributed by atoms with Crippen LogP contribution < -0.4 is 0 Å². The molecule has 0 aromatic heterocycles. The van der Waals surface area contributed by atoms with Crippen LogP contribution >= 0.6 is 0 Å². The fourth-order valence-corrected chi connectivity index (χ4v) is 0.264. The lowest BCUT2D eigenvalue weighted by atomic mass is 10.3. The topological polar surface area (TPSA) is 34.1 Å². The molecule has 0 aliphatic heterocycles. The minimum absolute atomic E-state index is 0.0166. The highest BCUT2D eigenvalue weighted by molar-refractivity contribution is 5.92. The second kappa shape index (κ2) is 4.24. The summed E-state index contributed by atoms with van der Waals surface area (Å²) >= 11 is 0. The molecule has 0 radical (unpaired) electrons. The zero-order valence-electron chi connectivity index (χ0n) is 4.76. The van der Waals surface area contributed by atoms with Crippen LogP contribution in [0.2, 0.25) is 0 Å². The van der Waals surface area contributed by atoms with Crippen LogP contribution in [-0.2, 0) is 9.59 Å². The number of aldehydes is 1. The van der Waals surface area contributed by atoms with Crippen molar-refractivity contribution in [3.63, 3.8) is 0 Å². The van der Waals surface area contributed by atoms with Gasteiger partial charge in [0.15, 0.2) is 5.78 Å². The lowest BCUT2D eigenvalue weighted by Crippen LogP contribution is -1.86. The van der Waals surface area contributed by atoms with E-state index in [1.165, 1.54) is 12.2 Å². The van der Waals surface area contributed by atoms with Crippen LogP contribution in [-0.4, -0.2) is 12.1 Å². The number of allylic oxidation sites excluding steroid dienone is 2. The monoisotopic (exact) mass is 112 g/mol. The molecule has 0 saturated heterocycles. The largest absolute Gasteiger partial charge is 0.299 e. The quantitative estimate of drug-likeness (QED) is 0.398. The van der Waals surface area contributed by atoms with Crippen LogP contribution in [0.3, 0.4) is 0 Å². The highest BCUT2D eigenvalue weighted by Gasteiger charge is 1.85. The van der Waals surface area contributed by atoms with Crippen LogP contribution in [0, 0.1) is 0 Å². The van der Waals surface area contributed by atoms with Crippen LogP contribution in [0.5, 0.6) is 0 Å². The number of rotatable bonds is 3. The summed E-state index contributed by atoms with van der Waals surface area (Å²) in [6.45, 7) is 1.75. The number of hydrogen-bond donors (Lipinski definition) is 0. The second-order valence-electron chi connectivity index (χ2n) is 1.32. The summed E-state index contributed by atoms with van der Waals surface area (Å²) in [7, 11) is 0. The fraction of sp³-hybridized carbons (Fsp3) is 0.333. The van der Waals surface area contributed by atoms with Crippen LogP contribution in [0.4, 0.5) is 0 Å². The van der Waals surface area contributed by atoms with Gasteiger partial charge in [0.05, 0.1) is 0 Å². The Kier molecular flexibility index (Phi) is 3.76. The minimum Gasteiger partial charge on any atom is -0.299 e. The Labute approximate surface area is 48.2 Å². The van der Waals surface area contributed by atoms with Crippen molar-refractivity contribution >= 4 is 12.1 Å². The smallest absolute Gasteiger partial charge is 0.155 e. The molecular weight excluding hydrogens is 104 g/mol. The van der Waals surface area contributed by atoms with Gasteiger partial charge in [0.2, 0.25) is 0 Å². The molecule has 44 valence electrons. The molecule has 2 heteroatoms. The van der Waals surface area contributed by atoms with Gasteiger partial charge >= 0.3 is 0 Å². The van der Waals surface area contributed by atoms with Gasteiger partial charge in [-0.1, -0.05) is 6.92 Å². The molecule has 0 aromatic rings. The molecule has 0 atom stereocenters. The van der Waals surface area contributed by atoms with Crippen molar-refractivity contribution in [3.05, 3.63) is 12.2 Å². The van der Waals surface area contributed by atoms with Crippen LogP contribution in [0.15, 0.2) is 12.2 Å². The van der Waals surface area contributed by atoms with Crippen molar-refractivity contribution in [1.29, 1.82) is 0 Å². The molecule has 0 amide bonds. The van der Waals surface area contributed by atoms with Crippen molar-refractivity contribution in [2.45, 2.75) is 13.3 Å². The Morgan fingerprint density at radius 1 is 1.62 bits per heavy atom. The molecule has 8 heavy (non-hydrogen) atoms. The SMILES string of the molecule is CCC(=O)/C=C/C=O. The maximum atomic E-state index is 10.3. The van der Waals surface area contributed by atoms with Crippen molar-refractivity contribution in [2.75, 3.05) is 0 Å². The van der Waals surface area contributed by atoms with E-state index in [-0.39, 0.29) is 5.78 Å². The summed E-state index contributed by atoms with van der Waals surface area (Å²) in [6.07, 6.45) is 3.52. The Bertz CT molecular complexity index is 114. The first-order valence-electron chi connectivity index (χ1n) is 2.46. The van der Waals surface area contributed by atoms with E-state index in [2.05, 4.69) is 0 Å². The van der Waals surface area contributed by atoms with Gasteiger partial charge in [0.25, 0.3) is 0 Å². The third kappa shape index (κ3) is 3.28. The predicted octanol–water partition coefficient (Wildman–Crippen LogP) is 0.721. The van der Waals surface area contributed by atoms with E-state index in [1.54, 1.807) is 6.92 Å². The van der Waals surface area contributed by atoms with Gasteiger partial charge in [-0.25, -0.2) is 0 Å². The molecule has 0 rings (SSSR count). The van der Waals surface area contributed by atoms with E-state index in [1.807, 2.05) is 0 Å². The zero-order chi connectivity index (χ0) is 6.41. The average molecular weight is 112 g/mol. The van der Waals surface area contributed by atoms with Crippen molar-refractivity contribution in [2.24, 2.45) is 0 Å². The van der Waals surface area contributed by atoms with Crippen molar-refractivity contribution in [1.82, 2.24) is 0 Å². The number of carbonyl (C=O) groups is 2. The summed E-state index contributed by atoms with van der Waals surface area (Å²) < 4.78 is 0. The molecule has 0 unspecified atom stereocenters. The van der Waals surface area contributed by atoms with Crippen LogP contribution in [0.1, 0.15) is 13.3 Å². The lowest BCUT2D eigenvalue weighted by Gasteiger charge is -1.77. The lowest BCUT2D eigenvalue weighted by molar-refractivity contribution is -0.114. The standard InChI is InChI=1S/C6H8O2/c1-2-6(8)4-3-5-7/h3-5H,2H2,1H3/b4-3+. The minimum atomic E-state index is -0.0166. The van der Waals surface area contributed by atoms with Gasteiger partial charge in [0, 0.05) is 6.42 Å². The third-order valence-electron chi connectivity index (χ3n) is 0.709. The summed E-state index contributed by atoms with van der Waals surface area (Å²) in [4.78, 5) is 19.9. The van der Waals surface area contributed by atoms with E-state index in [4.69, 9.17) is 0 Å². The first-order valence-corrected chi connectivity index (χ1v) is 2.46. The number of hydrogen-bond acceptors (Lipinski definition) is 2. The molecular formula is C6H8O2. The second-order valence-corrected chi connectivity index (χ2v) is 1.32. The van der Waals surface area contributed by atoms with Crippen LogP contribution in [0.25, 0.3) is 0 Å². The summed E-state index contributed by atoms with van der Waals surface area (Å²) in [5.74, 6) is -0.0166. The van der Waals surface area contributed by atoms with E-state index >= 15 is 0 Å². The molecule has 0 aliphatic carbocycles. The molecule has 0 heterocycles. The normalized spacial score (nSPS) is 9.62. The molecule has 0 bridgehead atoms. The highest BCUT2D eigenvalue weighted by atomic mass is 16.1. The van der Waals surface area contributed by atoms with Crippen molar-refractivity contribution < 1.29 is 9.59 Å². The van der Waals surface area contributed by atoms with Crippen molar-refractivity contribution in [3.8, 4) is 0 Å². The van der Waals surface area contributed by atoms with E-state index in [0.717, 1.165) is 0 Å². The first kappa shape index (κ1) is 7.08.